The van der Waals surface area contributed by atoms with Gasteiger partial charge in [0, 0.05) is 24.9 Å². The van der Waals surface area contributed by atoms with Crippen molar-refractivity contribution in [2.75, 3.05) is 6.54 Å². The van der Waals surface area contributed by atoms with E-state index in [0.717, 1.165) is 30.6 Å². The van der Waals surface area contributed by atoms with E-state index in [-0.39, 0.29) is 34.8 Å². The Morgan fingerprint density at radius 1 is 1.28 bits per heavy atom. The summed E-state index contributed by atoms with van der Waals surface area (Å²) in [5, 5.41) is 3.09. The number of benzene rings is 1. The summed E-state index contributed by atoms with van der Waals surface area (Å²) in [4.78, 5) is 12.1. The summed E-state index contributed by atoms with van der Waals surface area (Å²) < 4.78 is 32.2. The Kier molecular flexibility index (Phi) is 5.46. The average Bonchev–Trinajstić information content (AvgIpc) is 3.04. The number of fused-ring (bicyclic) bond motifs is 1. The molecule has 1 amide bonds. The Morgan fingerprint density at radius 3 is 2.88 bits per heavy atom. The molecular formula is C17H19ClN2O4S. The minimum atomic E-state index is -3.74. The van der Waals surface area contributed by atoms with Gasteiger partial charge in [-0.15, -0.1) is 0 Å². The van der Waals surface area contributed by atoms with E-state index < -0.39 is 10.0 Å². The third-order valence-electron chi connectivity index (χ3n) is 4.16. The highest BCUT2D eigenvalue weighted by Gasteiger charge is 2.24. The van der Waals surface area contributed by atoms with Crippen LogP contribution in [0.3, 0.4) is 0 Å². The molecule has 6 nitrogen and oxygen atoms in total. The van der Waals surface area contributed by atoms with Crippen LogP contribution in [0.2, 0.25) is 5.02 Å². The average molecular weight is 383 g/mol. The molecule has 0 saturated carbocycles. The number of carbonyl (C=O) groups excluding carboxylic acids is 1. The van der Waals surface area contributed by atoms with Crippen LogP contribution in [0.4, 0.5) is 0 Å². The second kappa shape index (κ2) is 7.59. The highest BCUT2D eigenvalue weighted by molar-refractivity contribution is 7.89. The number of hydrogen-bond acceptors (Lipinski definition) is 4. The van der Waals surface area contributed by atoms with Crippen LogP contribution in [0.25, 0.3) is 0 Å². The fourth-order valence-corrected chi connectivity index (χ4v) is 4.49. The minimum Gasteiger partial charge on any atom is -0.469 e. The van der Waals surface area contributed by atoms with Crippen molar-refractivity contribution in [2.45, 2.75) is 36.6 Å². The molecule has 1 aromatic carbocycles. The molecule has 0 radical (unpaired) electrons. The van der Waals surface area contributed by atoms with E-state index in [2.05, 4.69) is 10.0 Å². The molecule has 2 aromatic rings. The van der Waals surface area contributed by atoms with Crippen LogP contribution in [-0.2, 0) is 21.2 Å². The van der Waals surface area contributed by atoms with E-state index in [1.54, 1.807) is 18.4 Å². The fourth-order valence-electron chi connectivity index (χ4n) is 2.94. The van der Waals surface area contributed by atoms with Crippen molar-refractivity contribution in [3.8, 4) is 0 Å². The minimum absolute atomic E-state index is 0.00432. The highest BCUT2D eigenvalue weighted by atomic mass is 35.5. The molecule has 0 saturated heterocycles. The van der Waals surface area contributed by atoms with Crippen LogP contribution < -0.4 is 10.0 Å². The van der Waals surface area contributed by atoms with Crippen molar-refractivity contribution < 1.29 is 17.6 Å². The van der Waals surface area contributed by atoms with Gasteiger partial charge in [-0.2, -0.15) is 0 Å². The maximum atomic E-state index is 12.2. The van der Waals surface area contributed by atoms with Crippen molar-refractivity contribution in [1.82, 2.24) is 10.0 Å². The number of halogens is 1. The van der Waals surface area contributed by atoms with E-state index in [9.17, 15) is 13.2 Å². The summed E-state index contributed by atoms with van der Waals surface area (Å²) in [5.74, 6) is 0.705. The number of hydrogen-bond donors (Lipinski definition) is 2. The number of furan rings is 1. The summed E-state index contributed by atoms with van der Waals surface area (Å²) >= 11 is 5.91. The Balaban J connectivity index is 1.53. The second-order valence-electron chi connectivity index (χ2n) is 5.89. The summed E-state index contributed by atoms with van der Waals surface area (Å²) in [5.41, 5.74) is 1.01. The predicted molar refractivity (Wildman–Crippen MR) is 93.8 cm³/mol. The number of rotatable bonds is 6. The SMILES string of the molecule is O=C(CCNS(=O)(=O)c1ccccc1Cl)NC1CCCc2occc21. The number of nitrogens with one attached hydrogen (secondary N) is 2. The molecule has 134 valence electrons. The predicted octanol–water partition coefficient (Wildman–Crippen LogP) is 2.80. The van der Waals surface area contributed by atoms with E-state index in [1.165, 1.54) is 12.1 Å². The Morgan fingerprint density at radius 2 is 2.08 bits per heavy atom. The molecule has 3 rings (SSSR count). The topological polar surface area (TPSA) is 88.4 Å². The van der Waals surface area contributed by atoms with Gasteiger partial charge in [-0.05, 0) is 31.0 Å². The van der Waals surface area contributed by atoms with Crippen LogP contribution in [0.5, 0.6) is 0 Å². The van der Waals surface area contributed by atoms with Crippen molar-refractivity contribution >= 4 is 27.5 Å². The molecule has 8 heteroatoms. The quantitative estimate of drug-likeness (QED) is 0.804. The Labute approximate surface area is 151 Å². The third-order valence-corrected chi connectivity index (χ3v) is 6.12. The van der Waals surface area contributed by atoms with E-state index in [0.29, 0.717) is 0 Å². The number of aryl methyl sites for hydroxylation is 1. The lowest BCUT2D eigenvalue weighted by atomic mass is 9.93. The highest BCUT2D eigenvalue weighted by Crippen LogP contribution is 2.30. The maximum absolute atomic E-state index is 12.2. The van der Waals surface area contributed by atoms with Crippen LogP contribution in [0, 0.1) is 0 Å². The van der Waals surface area contributed by atoms with Gasteiger partial charge in [-0.1, -0.05) is 23.7 Å². The first-order valence-corrected chi connectivity index (χ1v) is 9.93. The van der Waals surface area contributed by atoms with E-state index in [4.69, 9.17) is 16.0 Å². The molecule has 2 N–H and O–H groups in total. The van der Waals surface area contributed by atoms with Gasteiger partial charge in [0.25, 0.3) is 0 Å². The monoisotopic (exact) mass is 382 g/mol. The molecular weight excluding hydrogens is 364 g/mol. The van der Waals surface area contributed by atoms with Gasteiger partial charge < -0.3 is 9.73 Å². The lowest BCUT2D eigenvalue weighted by molar-refractivity contribution is -0.121. The largest absolute Gasteiger partial charge is 0.469 e. The zero-order chi connectivity index (χ0) is 17.9. The second-order valence-corrected chi connectivity index (χ2v) is 8.03. The molecule has 0 bridgehead atoms. The molecule has 1 unspecified atom stereocenters. The summed E-state index contributed by atoms with van der Waals surface area (Å²) in [7, 11) is -3.74. The lowest BCUT2D eigenvalue weighted by Gasteiger charge is -2.22. The Bertz CT molecular complexity index is 863. The maximum Gasteiger partial charge on any atom is 0.242 e. The van der Waals surface area contributed by atoms with Gasteiger partial charge in [0.05, 0.1) is 17.3 Å². The lowest BCUT2D eigenvalue weighted by Crippen LogP contribution is -2.34. The molecule has 25 heavy (non-hydrogen) atoms. The zero-order valence-corrected chi connectivity index (χ0v) is 15.1. The van der Waals surface area contributed by atoms with Crippen molar-refractivity contribution in [2.24, 2.45) is 0 Å². The summed E-state index contributed by atoms with van der Waals surface area (Å²) in [6, 6.07) is 7.98. The van der Waals surface area contributed by atoms with Gasteiger partial charge >= 0.3 is 0 Å². The van der Waals surface area contributed by atoms with Crippen molar-refractivity contribution in [3.05, 3.63) is 52.9 Å². The first kappa shape index (κ1) is 18.0. The fraction of sp³-hybridized carbons (Fsp3) is 0.353. The molecule has 1 atom stereocenters. The Hall–Kier alpha value is -1.83. The third kappa shape index (κ3) is 4.23. The van der Waals surface area contributed by atoms with Crippen molar-refractivity contribution in [3.63, 3.8) is 0 Å². The standard InChI is InChI=1S/C17H19ClN2O4S/c18-13-4-1-2-7-16(13)25(22,23)19-10-8-17(21)20-14-5-3-6-15-12(14)9-11-24-15/h1-2,4,7,9,11,14,19H,3,5-6,8,10H2,(H,20,21). The van der Waals surface area contributed by atoms with Gasteiger partial charge in [0.1, 0.15) is 10.7 Å². The number of carbonyl (C=O) groups is 1. The molecule has 0 aliphatic heterocycles. The van der Waals surface area contributed by atoms with Crippen molar-refractivity contribution in [1.29, 1.82) is 0 Å². The van der Waals surface area contributed by atoms with Crippen LogP contribution in [-0.4, -0.2) is 20.9 Å². The first-order chi connectivity index (χ1) is 12.0. The van der Waals surface area contributed by atoms with Gasteiger partial charge in [-0.25, -0.2) is 13.1 Å². The number of amides is 1. The van der Waals surface area contributed by atoms with Crippen LogP contribution in [0.15, 0.2) is 45.9 Å². The molecule has 1 aliphatic rings. The summed E-state index contributed by atoms with van der Waals surface area (Å²) in [6.45, 7) is 0.00432. The van der Waals surface area contributed by atoms with Crippen LogP contribution >= 0.6 is 11.6 Å². The molecule has 1 heterocycles. The normalized spacial score (nSPS) is 17.1. The molecule has 1 aliphatic carbocycles. The van der Waals surface area contributed by atoms with Gasteiger partial charge in [0.15, 0.2) is 0 Å². The molecule has 1 aromatic heterocycles. The summed E-state index contributed by atoms with van der Waals surface area (Å²) in [6.07, 6.45) is 4.36. The van der Waals surface area contributed by atoms with Gasteiger partial charge in [-0.3, -0.25) is 4.79 Å². The first-order valence-electron chi connectivity index (χ1n) is 8.07. The van der Waals surface area contributed by atoms with Gasteiger partial charge in [0.2, 0.25) is 15.9 Å². The molecule has 0 spiro atoms. The number of sulfonamides is 1. The zero-order valence-electron chi connectivity index (χ0n) is 13.5. The smallest absolute Gasteiger partial charge is 0.242 e. The van der Waals surface area contributed by atoms with Crippen LogP contribution in [0.1, 0.15) is 36.6 Å². The van der Waals surface area contributed by atoms with E-state index in [1.807, 2.05) is 6.07 Å². The van der Waals surface area contributed by atoms with E-state index >= 15 is 0 Å². The molecule has 0 fully saturated rings.